The molecule has 0 aliphatic carbocycles. The average Bonchev–Trinajstić information content (AvgIpc) is 3.11. The lowest BCUT2D eigenvalue weighted by Gasteiger charge is -2.35. The van der Waals surface area contributed by atoms with Crippen molar-refractivity contribution in [3.63, 3.8) is 0 Å². The highest BCUT2D eigenvalue weighted by molar-refractivity contribution is 5.81. The van der Waals surface area contributed by atoms with Gasteiger partial charge in [0, 0.05) is 49.4 Å². The lowest BCUT2D eigenvalue weighted by atomic mass is 10.2. The molecule has 1 fully saturated rings. The summed E-state index contributed by atoms with van der Waals surface area (Å²) in [5, 5.41) is 5.12. The first-order chi connectivity index (χ1) is 12.2. The van der Waals surface area contributed by atoms with Crippen molar-refractivity contribution in [2.24, 2.45) is 0 Å². The van der Waals surface area contributed by atoms with Gasteiger partial charge in [0.1, 0.15) is 6.33 Å². The fraction of sp³-hybridized carbons (Fsp3) is 0.444. The van der Waals surface area contributed by atoms with Crippen LogP contribution in [0.3, 0.4) is 0 Å². The molecule has 0 radical (unpaired) electrons. The number of hydrogen-bond acceptors (Lipinski definition) is 7. The van der Waals surface area contributed by atoms with E-state index in [2.05, 4.69) is 62.0 Å². The maximum Gasteiger partial charge on any atom is 0.240 e. The number of hydrogen-bond donors (Lipinski definition) is 0. The second-order valence-electron chi connectivity index (χ2n) is 6.73. The van der Waals surface area contributed by atoms with Crippen LogP contribution in [-0.2, 0) is 6.54 Å². The van der Waals surface area contributed by atoms with Crippen molar-refractivity contribution in [1.82, 2.24) is 25.0 Å². The molecule has 7 nitrogen and oxygen atoms in total. The Morgan fingerprint density at radius 3 is 2.76 bits per heavy atom. The van der Waals surface area contributed by atoms with Crippen LogP contribution >= 0.6 is 0 Å². The van der Waals surface area contributed by atoms with Crippen LogP contribution < -0.4 is 4.90 Å². The minimum Gasteiger partial charge on any atom is -0.369 e. The molecule has 0 bridgehead atoms. The van der Waals surface area contributed by atoms with E-state index in [-0.39, 0.29) is 0 Å². The second kappa shape index (κ2) is 6.76. The first-order valence-corrected chi connectivity index (χ1v) is 8.68. The van der Waals surface area contributed by atoms with E-state index in [4.69, 9.17) is 4.52 Å². The fourth-order valence-corrected chi connectivity index (χ4v) is 3.09. The van der Waals surface area contributed by atoms with E-state index in [0.29, 0.717) is 11.8 Å². The summed E-state index contributed by atoms with van der Waals surface area (Å²) in [4.78, 5) is 17.6. The van der Waals surface area contributed by atoms with Gasteiger partial charge in [0.2, 0.25) is 5.89 Å². The number of fused-ring (bicyclic) bond motifs is 1. The predicted molar refractivity (Wildman–Crippen MR) is 95.4 cm³/mol. The molecule has 3 heterocycles. The number of piperazine rings is 1. The third-order valence-electron chi connectivity index (χ3n) is 4.58. The zero-order chi connectivity index (χ0) is 17.2. The normalized spacial score (nSPS) is 16.0. The van der Waals surface area contributed by atoms with Crippen LogP contribution in [0, 0.1) is 0 Å². The molecule has 3 aromatic rings. The molecule has 25 heavy (non-hydrogen) atoms. The highest BCUT2D eigenvalue weighted by atomic mass is 16.5. The van der Waals surface area contributed by atoms with Crippen molar-refractivity contribution in [2.45, 2.75) is 26.3 Å². The lowest BCUT2D eigenvalue weighted by molar-refractivity contribution is 0.215. The van der Waals surface area contributed by atoms with E-state index in [1.807, 2.05) is 6.20 Å². The summed E-state index contributed by atoms with van der Waals surface area (Å²) in [5.41, 5.74) is 2.21. The SMILES string of the molecule is CC(C)c1noc(CN2CCN(c3ccc4ncncc4c3)CC2)n1. The predicted octanol–water partition coefficient (Wildman–Crippen LogP) is 2.46. The van der Waals surface area contributed by atoms with Crippen molar-refractivity contribution in [3.8, 4) is 0 Å². The van der Waals surface area contributed by atoms with Crippen molar-refractivity contribution in [2.75, 3.05) is 31.1 Å². The van der Waals surface area contributed by atoms with Gasteiger partial charge in [-0.3, -0.25) is 4.90 Å². The van der Waals surface area contributed by atoms with Gasteiger partial charge in [0.15, 0.2) is 5.82 Å². The van der Waals surface area contributed by atoms with Crippen LogP contribution in [0.2, 0.25) is 0 Å². The van der Waals surface area contributed by atoms with Crippen molar-refractivity contribution < 1.29 is 4.52 Å². The van der Waals surface area contributed by atoms with Crippen LogP contribution in [0.1, 0.15) is 31.5 Å². The van der Waals surface area contributed by atoms with Crippen LogP contribution in [0.15, 0.2) is 35.2 Å². The molecule has 2 aromatic heterocycles. The summed E-state index contributed by atoms with van der Waals surface area (Å²) in [6.07, 6.45) is 3.45. The fourth-order valence-electron chi connectivity index (χ4n) is 3.09. The maximum atomic E-state index is 5.36. The van der Waals surface area contributed by atoms with Gasteiger partial charge < -0.3 is 9.42 Å². The first kappa shape index (κ1) is 16.0. The molecule has 1 aromatic carbocycles. The van der Waals surface area contributed by atoms with Crippen LogP contribution in [0.4, 0.5) is 5.69 Å². The molecule has 0 N–H and O–H groups in total. The molecule has 1 aliphatic rings. The standard InChI is InChI=1S/C18H22N6O/c1-13(2)18-21-17(25-22-18)11-23-5-7-24(8-6-23)15-3-4-16-14(9-15)10-19-12-20-16/h3-4,9-10,12-13H,5-8,11H2,1-2H3. The van der Waals surface area contributed by atoms with Gasteiger partial charge >= 0.3 is 0 Å². The molecular formula is C18H22N6O. The van der Waals surface area contributed by atoms with E-state index in [1.165, 1.54) is 5.69 Å². The van der Waals surface area contributed by atoms with Crippen molar-refractivity contribution in [3.05, 3.63) is 42.4 Å². The number of nitrogens with zero attached hydrogens (tertiary/aromatic N) is 6. The molecule has 0 saturated carbocycles. The Morgan fingerprint density at radius 1 is 1.16 bits per heavy atom. The van der Waals surface area contributed by atoms with E-state index < -0.39 is 0 Å². The average molecular weight is 338 g/mol. The van der Waals surface area contributed by atoms with E-state index >= 15 is 0 Å². The Bertz CT molecular complexity index is 853. The first-order valence-electron chi connectivity index (χ1n) is 8.68. The quantitative estimate of drug-likeness (QED) is 0.723. The molecular weight excluding hydrogens is 316 g/mol. The molecule has 130 valence electrons. The molecule has 1 aliphatic heterocycles. The highest BCUT2D eigenvalue weighted by Gasteiger charge is 2.20. The monoisotopic (exact) mass is 338 g/mol. The largest absolute Gasteiger partial charge is 0.369 e. The Kier molecular flexibility index (Phi) is 4.31. The van der Waals surface area contributed by atoms with Crippen molar-refractivity contribution in [1.29, 1.82) is 0 Å². The van der Waals surface area contributed by atoms with Crippen LogP contribution in [0.25, 0.3) is 10.9 Å². The zero-order valence-corrected chi connectivity index (χ0v) is 14.6. The van der Waals surface area contributed by atoms with E-state index in [1.54, 1.807) is 6.33 Å². The van der Waals surface area contributed by atoms with E-state index in [9.17, 15) is 0 Å². The Morgan fingerprint density at radius 2 is 2.00 bits per heavy atom. The minimum absolute atomic E-state index is 0.297. The third-order valence-corrected chi connectivity index (χ3v) is 4.58. The lowest BCUT2D eigenvalue weighted by Crippen LogP contribution is -2.46. The van der Waals surface area contributed by atoms with E-state index in [0.717, 1.165) is 49.5 Å². The molecule has 7 heteroatoms. The molecule has 1 saturated heterocycles. The molecule has 4 rings (SSSR count). The number of rotatable bonds is 4. The molecule has 0 unspecified atom stereocenters. The maximum absolute atomic E-state index is 5.36. The Labute approximate surface area is 146 Å². The minimum atomic E-state index is 0.297. The Balaban J connectivity index is 1.38. The highest BCUT2D eigenvalue weighted by Crippen LogP contribution is 2.22. The van der Waals surface area contributed by atoms with Gasteiger partial charge in [-0.1, -0.05) is 19.0 Å². The van der Waals surface area contributed by atoms with Crippen LogP contribution in [-0.4, -0.2) is 51.2 Å². The van der Waals surface area contributed by atoms with Crippen LogP contribution in [0.5, 0.6) is 0 Å². The zero-order valence-electron chi connectivity index (χ0n) is 14.6. The molecule has 0 atom stereocenters. The van der Waals surface area contributed by atoms with Gasteiger partial charge in [0.25, 0.3) is 0 Å². The summed E-state index contributed by atoms with van der Waals surface area (Å²) in [6, 6.07) is 6.36. The van der Waals surface area contributed by atoms with Gasteiger partial charge in [-0.05, 0) is 18.2 Å². The van der Waals surface area contributed by atoms with Gasteiger partial charge in [-0.25, -0.2) is 9.97 Å². The smallest absolute Gasteiger partial charge is 0.240 e. The molecule has 0 spiro atoms. The van der Waals surface area contributed by atoms with Gasteiger partial charge in [0.05, 0.1) is 12.1 Å². The summed E-state index contributed by atoms with van der Waals surface area (Å²) in [5.74, 6) is 1.79. The van der Waals surface area contributed by atoms with Crippen molar-refractivity contribution >= 4 is 16.6 Å². The summed E-state index contributed by atoms with van der Waals surface area (Å²) in [7, 11) is 0. The number of benzene rings is 1. The summed E-state index contributed by atoms with van der Waals surface area (Å²) in [6.45, 7) is 8.77. The summed E-state index contributed by atoms with van der Waals surface area (Å²) >= 11 is 0. The second-order valence-corrected chi connectivity index (χ2v) is 6.73. The van der Waals surface area contributed by atoms with Gasteiger partial charge in [-0.2, -0.15) is 4.98 Å². The number of anilines is 1. The topological polar surface area (TPSA) is 71.2 Å². The molecule has 0 amide bonds. The summed E-state index contributed by atoms with van der Waals surface area (Å²) < 4.78 is 5.36. The number of aromatic nitrogens is 4. The Hall–Kier alpha value is -2.54. The van der Waals surface area contributed by atoms with Gasteiger partial charge in [-0.15, -0.1) is 0 Å². The third kappa shape index (κ3) is 3.46.